The lowest BCUT2D eigenvalue weighted by molar-refractivity contribution is -0.152. The van der Waals surface area contributed by atoms with Gasteiger partial charge in [-0.25, -0.2) is 4.79 Å². The van der Waals surface area contributed by atoms with Gasteiger partial charge in [-0.1, -0.05) is 43.7 Å². The van der Waals surface area contributed by atoms with Gasteiger partial charge in [0, 0.05) is 28.9 Å². The van der Waals surface area contributed by atoms with E-state index in [2.05, 4.69) is 55.7 Å². The van der Waals surface area contributed by atoms with Gasteiger partial charge in [-0.3, -0.25) is 9.78 Å². The molecule has 0 aliphatic rings. The highest BCUT2D eigenvalue weighted by Crippen LogP contribution is 2.36. The van der Waals surface area contributed by atoms with Gasteiger partial charge in [0.1, 0.15) is 17.7 Å². The van der Waals surface area contributed by atoms with E-state index in [1.54, 1.807) is 0 Å². The van der Waals surface area contributed by atoms with Crippen LogP contribution in [0.1, 0.15) is 72.2 Å². The van der Waals surface area contributed by atoms with E-state index in [4.69, 9.17) is 14.5 Å². The number of ether oxygens (including phenoxy) is 2. The minimum Gasteiger partial charge on any atom is -0.459 e. The Hall–Kier alpha value is -3.61. The Morgan fingerprint density at radius 3 is 2.15 bits per heavy atom. The number of carbonyl (C=O) groups excluding carboxylic acids is 2. The Bertz CT molecular complexity index is 1320. The smallest absolute Gasteiger partial charge is 0.407 e. The molecule has 0 spiro atoms. The predicted molar refractivity (Wildman–Crippen MR) is 158 cm³/mol. The first kappa shape index (κ1) is 29.9. The Balaban J connectivity index is 2.11. The first-order valence-electron chi connectivity index (χ1n) is 13.6. The zero-order valence-electron chi connectivity index (χ0n) is 24.8. The van der Waals surface area contributed by atoms with Crippen molar-refractivity contribution >= 4 is 28.7 Å². The molecule has 0 saturated carbocycles. The molecule has 3 rings (SSSR count). The lowest BCUT2D eigenvalue weighted by Gasteiger charge is -2.22. The zero-order chi connectivity index (χ0) is 29.0. The molecule has 0 aliphatic carbocycles. The van der Waals surface area contributed by atoms with Gasteiger partial charge in [0.2, 0.25) is 0 Å². The molecule has 7 heteroatoms. The molecule has 0 bridgehead atoms. The minimum absolute atomic E-state index is 0.0502. The van der Waals surface area contributed by atoms with Crippen LogP contribution < -0.4 is 10.6 Å². The van der Waals surface area contributed by atoms with E-state index in [0.29, 0.717) is 5.92 Å². The van der Waals surface area contributed by atoms with Gasteiger partial charge in [0.15, 0.2) is 0 Å². The summed E-state index contributed by atoms with van der Waals surface area (Å²) in [6.07, 6.45) is 0.291. The Kier molecular flexibility index (Phi) is 9.26. The van der Waals surface area contributed by atoms with E-state index < -0.39 is 17.3 Å². The zero-order valence-corrected chi connectivity index (χ0v) is 24.8. The Morgan fingerprint density at radius 1 is 0.923 bits per heavy atom. The lowest BCUT2D eigenvalue weighted by atomic mass is 9.91. The van der Waals surface area contributed by atoms with Crippen LogP contribution in [0.25, 0.3) is 22.0 Å². The summed E-state index contributed by atoms with van der Waals surface area (Å²) in [4.78, 5) is 30.0. The van der Waals surface area contributed by atoms with Gasteiger partial charge < -0.3 is 20.1 Å². The second-order valence-corrected chi connectivity index (χ2v) is 12.4. The summed E-state index contributed by atoms with van der Waals surface area (Å²) in [5.41, 5.74) is 5.59. The highest BCUT2D eigenvalue weighted by molar-refractivity contribution is 5.98. The number of fused-ring (bicyclic) bond motifs is 1. The molecule has 2 N–H and O–H groups in total. The molecule has 39 heavy (non-hydrogen) atoms. The fraction of sp³-hybridized carbons (Fsp3) is 0.469. The molecule has 0 radical (unpaired) electrons. The number of nitrogens with zero attached hydrogens (tertiary/aromatic N) is 1. The third-order valence-electron chi connectivity index (χ3n) is 5.78. The summed E-state index contributed by atoms with van der Waals surface area (Å²) >= 11 is 0. The van der Waals surface area contributed by atoms with E-state index in [1.165, 1.54) is 0 Å². The second-order valence-electron chi connectivity index (χ2n) is 12.4. The highest BCUT2D eigenvalue weighted by atomic mass is 16.6. The van der Waals surface area contributed by atoms with Crippen molar-refractivity contribution in [1.82, 2.24) is 10.3 Å². The van der Waals surface area contributed by atoms with Crippen molar-refractivity contribution < 1.29 is 19.1 Å². The molecule has 0 unspecified atom stereocenters. The summed E-state index contributed by atoms with van der Waals surface area (Å²) in [5, 5.41) is 7.08. The van der Waals surface area contributed by atoms with E-state index in [9.17, 15) is 9.59 Å². The monoisotopic (exact) mass is 533 g/mol. The quantitative estimate of drug-likeness (QED) is 0.298. The maximum absolute atomic E-state index is 12.6. The minimum atomic E-state index is -0.596. The molecule has 2 aromatic carbocycles. The summed E-state index contributed by atoms with van der Waals surface area (Å²) in [7, 11) is 0. The molecular weight excluding hydrogens is 490 g/mol. The third-order valence-corrected chi connectivity index (χ3v) is 5.78. The van der Waals surface area contributed by atoms with Crippen LogP contribution >= 0.6 is 0 Å². The number of esters is 1. The van der Waals surface area contributed by atoms with Gasteiger partial charge in [0.05, 0.1) is 5.52 Å². The number of carbonyl (C=O) groups is 2. The van der Waals surface area contributed by atoms with Crippen molar-refractivity contribution in [2.75, 3.05) is 11.9 Å². The maximum Gasteiger partial charge on any atom is 0.407 e. The summed E-state index contributed by atoms with van der Waals surface area (Å²) in [5.74, 6) is 0.0462. The van der Waals surface area contributed by atoms with Gasteiger partial charge in [-0.05, 0) is 90.1 Å². The number of aromatic nitrogens is 1. The second kappa shape index (κ2) is 12.1. The van der Waals surface area contributed by atoms with Crippen molar-refractivity contribution in [3.05, 3.63) is 59.3 Å². The van der Waals surface area contributed by atoms with Crippen LogP contribution in [0.3, 0.4) is 0 Å². The fourth-order valence-electron chi connectivity index (χ4n) is 4.29. The topological polar surface area (TPSA) is 89.5 Å². The van der Waals surface area contributed by atoms with Crippen molar-refractivity contribution in [2.45, 2.75) is 86.5 Å². The number of amides is 1. The van der Waals surface area contributed by atoms with Crippen molar-refractivity contribution in [1.29, 1.82) is 0 Å². The van der Waals surface area contributed by atoms with Crippen molar-refractivity contribution in [3.63, 3.8) is 0 Å². The van der Waals surface area contributed by atoms with E-state index >= 15 is 0 Å². The number of alkyl carbamates (subject to hydrolysis) is 1. The van der Waals surface area contributed by atoms with Gasteiger partial charge in [0.25, 0.3) is 0 Å². The SMILES string of the molecule is Cc1ccc(-c2c(CNC(=O)OC(C)(C)C)c(CC(C)C)nc3ccc(NCC(=O)OC(C)(C)C)cc23)cc1. The number of hydrogen-bond donors (Lipinski definition) is 2. The Labute approximate surface area is 232 Å². The van der Waals surface area contributed by atoms with Crippen LogP contribution in [-0.4, -0.2) is 34.8 Å². The van der Waals surface area contributed by atoms with Crippen LogP contribution in [0.15, 0.2) is 42.5 Å². The molecule has 0 saturated heterocycles. The number of nitrogens with one attached hydrogen (secondary N) is 2. The van der Waals surface area contributed by atoms with E-state index in [0.717, 1.165) is 51.0 Å². The first-order chi connectivity index (χ1) is 18.1. The predicted octanol–water partition coefficient (Wildman–Crippen LogP) is 7.19. The van der Waals surface area contributed by atoms with Crippen LogP contribution in [0.4, 0.5) is 10.5 Å². The first-order valence-corrected chi connectivity index (χ1v) is 13.6. The van der Waals surface area contributed by atoms with Crippen molar-refractivity contribution in [2.24, 2.45) is 5.92 Å². The van der Waals surface area contributed by atoms with Gasteiger partial charge in [-0.2, -0.15) is 0 Å². The van der Waals surface area contributed by atoms with Crippen LogP contribution in [-0.2, 0) is 27.2 Å². The largest absolute Gasteiger partial charge is 0.459 e. The number of benzene rings is 2. The average molecular weight is 534 g/mol. The molecule has 1 amide bonds. The molecule has 3 aromatic rings. The maximum atomic E-state index is 12.6. The van der Waals surface area contributed by atoms with Crippen LogP contribution in [0, 0.1) is 12.8 Å². The van der Waals surface area contributed by atoms with E-state index in [-0.39, 0.29) is 19.1 Å². The third kappa shape index (κ3) is 8.98. The number of aryl methyl sites for hydroxylation is 1. The number of hydrogen-bond acceptors (Lipinski definition) is 6. The number of pyridine rings is 1. The van der Waals surface area contributed by atoms with Gasteiger partial charge in [-0.15, -0.1) is 0 Å². The number of anilines is 1. The van der Waals surface area contributed by atoms with Crippen LogP contribution in [0.2, 0.25) is 0 Å². The van der Waals surface area contributed by atoms with Crippen molar-refractivity contribution in [3.8, 4) is 11.1 Å². The fourth-order valence-corrected chi connectivity index (χ4v) is 4.29. The molecule has 0 fully saturated rings. The molecular formula is C32H43N3O4. The molecule has 7 nitrogen and oxygen atoms in total. The normalized spacial score (nSPS) is 11.9. The molecule has 0 atom stereocenters. The standard InChI is InChI=1S/C32H43N3O4/c1-20(2)16-27-25(18-34-30(37)39-32(7,8)9)29(22-12-10-21(3)11-13-22)24-17-23(14-15-26(24)35-27)33-19-28(36)38-31(4,5)6/h10-15,17,20,33H,16,18-19H2,1-9H3,(H,34,37). The van der Waals surface area contributed by atoms with Crippen LogP contribution in [0.5, 0.6) is 0 Å². The Morgan fingerprint density at radius 2 is 1.56 bits per heavy atom. The summed E-state index contributed by atoms with van der Waals surface area (Å²) < 4.78 is 11.0. The molecule has 1 aromatic heterocycles. The van der Waals surface area contributed by atoms with Gasteiger partial charge >= 0.3 is 12.1 Å². The molecule has 1 heterocycles. The lowest BCUT2D eigenvalue weighted by Crippen LogP contribution is -2.32. The molecule has 0 aliphatic heterocycles. The number of rotatable bonds is 8. The summed E-state index contributed by atoms with van der Waals surface area (Å²) in [6.45, 7) is 17.8. The average Bonchev–Trinajstić information content (AvgIpc) is 2.79. The highest BCUT2D eigenvalue weighted by Gasteiger charge is 2.21. The summed E-state index contributed by atoms with van der Waals surface area (Å²) in [6, 6.07) is 14.3. The molecule has 210 valence electrons. The van der Waals surface area contributed by atoms with E-state index in [1.807, 2.05) is 59.7 Å².